The lowest BCUT2D eigenvalue weighted by molar-refractivity contribution is -0.136. The smallest absolute Gasteiger partial charge is 0.307 e. The SMILES string of the molecule is Cc1oncc1Oc1ccccc1CC(=O)O. The first-order chi connectivity index (χ1) is 8.16. The molecule has 1 aromatic carbocycles. The van der Waals surface area contributed by atoms with Crippen LogP contribution in [0.3, 0.4) is 0 Å². The van der Waals surface area contributed by atoms with Gasteiger partial charge in [0.05, 0.1) is 6.42 Å². The number of aryl methyl sites for hydroxylation is 1. The third-order valence-electron chi connectivity index (χ3n) is 2.24. The molecule has 0 atom stereocenters. The zero-order valence-electron chi connectivity index (χ0n) is 9.21. The van der Waals surface area contributed by atoms with Gasteiger partial charge in [0, 0.05) is 12.5 Å². The minimum atomic E-state index is -0.900. The van der Waals surface area contributed by atoms with Crippen LogP contribution in [0, 0.1) is 6.92 Å². The van der Waals surface area contributed by atoms with E-state index < -0.39 is 5.97 Å². The van der Waals surface area contributed by atoms with Crippen molar-refractivity contribution in [3.05, 3.63) is 41.8 Å². The number of hydrogen-bond acceptors (Lipinski definition) is 4. The number of benzene rings is 1. The molecule has 5 nitrogen and oxygen atoms in total. The maximum absolute atomic E-state index is 10.7. The molecule has 1 heterocycles. The van der Waals surface area contributed by atoms with Crippen LogP contribution in [0.15, 0.2) is 35.0 Å². The molecule has 0 bridgehead atoms. The Morgan fingerprint density at radius 2 is 2.18 bits per heavy atom. The highest BCUT2D eigenvalue weighted by Gasteiger charge is 2.11. The average molecular weight is 233 g/mol. The molecular formula is C12H11NO4. The van der Waals surface area contributed by atoms with Gasteiger partial charge in [-0.2, -0.15) is 0 Å². The average Bonchev–Trinajstić information content (AvgIpc) is 2.67. The van der Waals surface area contributed by atoms with Crippen molar-refractivity contribution in [1.82, 2.24) is 5.16 Å². The molecule has 88 valence electrons. The molecule has 0 saturated heterocycles. The number of rotatable bonds is 4. The highest BCUT2D eigenvalue weighted by atomic mass is 16.5. The summed E-state index contributed by atoms with van der Waals surface area (Å²) < 4.78 is 10.4. The molecule has 5 heteroatoms. The highest BCUT2D eigenvalue weighted by molar-refractivity contribution is 5.71. The highest BCUT2D eigenvalue weighted by Crippen LogP contribution is 2.27. The summed E-state index contributed by atoms with van der Waals surface area (Å²) in [6.07, 6.45) is 1.37. The predicted octanol–water partition coefficient (Wildman–Crippen LogP) is 2.40. The first-order valence-corrected chi connectivity index (χ1v) is 5.05. The Kier molecular flexibility index (Phi) is 3.09. The van der Waals surface area contributed by atoms with E-state index in [1.54, 1.807) is 31.2 Å². The number of carboxylic acid groups (broad SMARTS) is 1. The summed E-state index contributed by atoms with van der Waals surface area (Å²) in [7, 11) is 0. The van der Waals surface area contributed by atoms with Crippen LogP contribution in [-0.2, 0) is 11.2 Å². The second kappa shape index (κ2) is 4.69. The fourth-order valence-electron chi connectivity index (χ4n) is 1.42. The van der Waals surface area contributed by atoms with Crippen molar-refractivity contribution in [3.8, 4) is 11.5 Å². The number of hydrogen-bond donors (Lipinski definition) is 1. The molecule has 0 radical (unpaired) electrons. The summed E-state index contributed by atoms with van der Waals surface area (Å²) >= 11 is 0. The summed E-state index contributed by atoms with van der Waals surface area (Å²) in [5.74, 6) is 0.641. The molecule has 2 rings (SSSR count). The third-order valence-corrected chi connectivity index (χ3v) is 2.24. The van der Waals surface area contributed by atoms with E-state index in [0.717, 1.165) is 0 Å². The number of ether oxygens (including phenoxy) is 1. The molecule has 1 aromatic heterocycles. The molecule has 0 fully saturated rings. The van der Waals surface area contributed by atoms with E-state index in [1.807, 2.05) is 0 Å². The molecular weight excluding hydrogens is 222 g/mol. The van der Waals surface area contributed by atoms with Gasteiger partial charge in [-0.1, -0.05) is 23.4 Å². The first-order valence-electron chi connectivity index (χ1n) is 5.05. The number of carbonyl (C=O) groups is 1. The monoisotopic (exact) mass is 233 g/mol. The van der Waals surface area contributed by atoms with Gasteiger partial charge in [-0.25, -0.2) is 0 Å². The Morgan fingerprint density at radius 1 is 1.41 bits per heavy atom. The van der Waals surface area contributed by atoms with Crippen molar-refractivity contribution in [1.29, 1.82) is 0 Å². The van der Waals surface area contributed by atoms with Crippen LogP contribution in [0.4, 0.5) is 0 Å². The molecule has 0 aliphatic rings. The van der Waals surface area contributed by atoms with Crippen LogP contribution in [0.1, 0.15) is 11.3 Å². The fourth-order valence-corrected chi connectivity index (χ4v) is 1.42. The molecule has 0 saturated carbocycles. The molecule has 0 amide bonds. The minimum Gasteiger partial charge on any atom is -0.481 e. The number of aliphatic carboxylic acids is 1. The van der Waals surface area contributed by atoms with E-state index in [2.05, 4.69) is 5.16 Å². The fraction of sp³-hybridized carbons (Fsp3) is 0.167. The van der Waals surface area contributed by atoms with Crippen LogP contribution >= 0.6 is 0 Å². The lowest BCUT2D eigenvalue weighted by atomic mass is 10.1. The summed E-state index contributed by atoms with van der Waals surface area (Å²) in [5.41, 5.74) is 0.612. The summed E-state index contributed by atoms with van der Waals surface area (Å²) in [6.45, 7) is 1.72. The van der Waals surface area contributed by atoms with E-state index in [4.69, 9.17) is 14.4 Å². The van der Waals surface area contributed by atoms with E-state index >= 15 is 0 Å². The van der Waals surface area contributed by atoms with Crippen molar-refractivity contribution in [2.45, 2.75) is 13.3 Å². The van der Waals surface area contributed by atoms with E-state index in [0.29, 0.717) is 22.8 Å². The van der Waals surface area contributed by atoms with Crippen LogP contribution in [-0.4, -0.2) is 16.2 Å². The van der Waals surface area contributed by atoms with Gasteiger partial charge < -0.3 is 14.4 Å². The molecule has 0 aliphatic heterocycles. The Morgan fingerprint density at radius 3 is 2.82 bits per heavy atom. The quantitative estimate of drug-likeness (QED) is 0.877. The second-order valence-electron chi connectivity index (χ2n) is 3.53. The van der Waals surface area contributed by atoms with Gasteiger partial charge in [0.25, 0.3) is 0 Å². The van der Waals surface area contributed by atoms with Crippen molar-refractivity contribution in [2.24, 2.45) is 0 Å². The Balaban J connectivity index is 2.26. The largest absolute Gasteiger partial charge is 0.481 e. The van der Waals surface area contributed by atoms with Gasteiger partial charge in [0.15, 0.2) is 11.5 Å². The first kappa shape index (κ1) is 11.2. The van der Waals surface area contributed by atoms with Gasteiger partial charge >= 0.3 is 5.97 Å². The van der Waals surface area contributed by atoms with Crippen LogP contribution in [0.25, 0.3) is 0 Å². The van der Waals surface area contributed by atoms with Gasteiger partial charge in [-0.05, 0) is 6.07 Å². The van der Waals surface area contributed by atoms with Crippen molar-refractivity contribution in [2.75, 3.05) is 0 Å². The van der Waals surface area contributed by atoms with E-state index in [9.17, 15) is 4.79 Å². The van der Waals surface area contributed by atoms with Gasteiger partial charge in [-0.15, -0.1) is 0 Å². The maximum Gasteiger partial charge on any atom is 0.307 e. The number of carboxylic acids is 1. The van der Waals surface area contributed by atoms with E-state index in [-0.39, 0.29) is 6.42 Å². The van der Waals surface area contributed by atoms with Crippen LogP contribution in [0.5, 0.6) is 11.5 Å². The summed E-state index contributed by atoms with van der Waals surface area (Å²) in [5, 5.41) is 12.4. The molecule has 0 aliphatic carbocycles. The van der Waals surface area contributed by atoms with Gasteiger partial charge in [-0.3, -0.25) is 4.79 Å². The summed E-state index contributed by atoms with van der Waals surface area (Å²) in [4.78, 5) is 10.7. The number of aromatic nitrogens is 1. The van der Waals surface area contributed by atoms with Crippen molar-refractivity contribution >= 4 is 5.97 Å². The number of nitrogens with zero attached hydrogens (tertiary/aromatic N) is 1. The maximum atomic E-state index is 10.7. The molecule has 1 N–H and O–H groups in total. The Bertz CT molecular complexity index is 533. The summed E-state index contributed by atoms with van der Waals surface area (Å²) in [6, 6.07) is 6.98. The van der Waals surface area contributed by atoms with Crippen molar-refractivity contribution < 1.29 is 19.2 Å². The molecule has 17 heavy (non-hydrogen) atoms. The zero-order chi connectivity index (χ0) is 12.3. The lowest BCUT2D eigenvalue weighted by Crippen LogP contribution is -2.01. The van der Waals surface area contributed by atoms with Crippen LogP contribution < -0.4 is 4.74 Å². The third kappa shape index (κ3) is 2.63. The van der Waals surface area contributed by atoms with Gasteiger partial charge in [0.1, 0.15) is 11.9 Å². The molecule has 0 unspecified atom stereocenters. The molecule has 2 aromatic rings. The van der Waals surface area contributed by atoms with Crippen LogP contribution in [0.2, 0.25) is 0 Å². The van der Waals surface area contributed by atoms with E-state index in [1.165, 1.54) is 6.20 Å². The standard InChI is InChI=1S/C12H11NO4/c1-8-11(7-13-17-8)16-10-5-3-2-4-9(10)6-12(14)15/h2-5,7H,6H2,1H3,(H,14,15). The topological polar surface area (TPSA) is 72.6 Å². The zero-order valence-corrected chi connectivity index (χ0v) is 9.21. The Labute approximate surface area is 97.6 Å². The predicted molar refractivity (Wildman–Crippen MR) is 59.1 cm³/mol. The normalized spacial score (nSPS) is 10.2. The minimum absolute atomic E-state index is 0.0828. The number of para-hydroxylation sites is 1. The molecule has 0 spiro atoms. The van der Waals surface area contributed by atoms with Crippen molar-refractivity contribution in [3.63, 3.8) is 0 Å². The van der Waals surface area contributed by atoms with Gasteiger partial charge in [0.2, 0.25) is 0 Å². The second-order valence-corrected chi connectivity index (χ2v) is 3.53. The lowest BCUT2D eigenvalue weighted by Gasteiger charge is -2.07. The Hall–Kier alpha value is -2.30.